The largest absolute Gasteiger partial charge is 0.338 e. The standard InChI is InChI=1S/C17H25N5O/c1-3-8-19-17(23)21-11-7-13(12-21)15-20-14-6-5-9-18-16(14)22(15)10-4-2/h5-6,9,13H,3-4,7-8,10-12H2,1-2H3,(H,19,23)/t13-/m0/s1. The van der Waals surface area contributed by atoms with Crippen LogP contribution in [0.3, 0.4) is 0 Å². The van der Waals surface area contributed by atoms with Gasteiger partial charge in [-0.05, 0) is 31.4 Å². The van der Waals surface area contributed by atoms with E-state index >= 15 is 0 Å². The highest BCUT2D eigenvalue weighted by atomic mass is 16.2. The lowest BCUT2D eigenvalue weighted by molar-refractivity contribution is 0.208. The zero-order valence-electron chi connectivity index (χ0n) is 14.0. The Morgan fingerprint density at radius 2 is 2.26 bits per heavy atom. The fourth-order valence-corrected chi connectivity index (χ4v) is 3.23. The minimum Gasteiger partial charge on any atom is -0.338 e. The smallest absolute Gasteiger partial charge is 0.317 e. The van der Waals surface area contributed by atoms with Crippen LogP contribution >= 0.6 is 0 Å². The number of amides is 2. The second-order valence-electron chi connectivity index (χ2n) is 6.13. The van der Waals surface area contributed by atoms with Gasteiger partial charge in [0.25, 0.3) is 0 Å². The van der Waals surface area contributed by atoms with Gasteiger partial charge in [-0.2, -0.15) is 0 Å². The summed E-state index contributed by atoms with van der Waals surface area (Å²) in [5, 5.41) is 2.96. The molecule has 0 aromatic carbocycles. The van der Waals surface area contributed by atoms with Gasteiger partial charge in [-0.25, -0.2) is 14.8 Å². The first-order valence-electron chi connectivity index (χ1n) is 8.58. The molecule has 1 atom stereocenters. The molecular formula is C17H25N5O. The molecule has 124 valence electrons. The molecule has 1 aliphatic heterocycles. The van der Waals surface area contributed by atoms with Crippen LogP contribution in [0.1, 0.15) is 44.9 Å². The van der Waals surface area contributed by atoms with Gasteiger partial charge in [0.1, 0.15) is 11.3 Å². The van der Waals surface area contributed by atoms with Crippen molar-refractivity contribution in [3.05, 3.63) is 24.2 Å². The second-order valence-corrected chi connectivity index (χ2v) is 6.13. The molecule has 6 heteroatoms. The van der Waals surface area contributed by atoms with Gasteiger partial charge in [-0.3, -0.25) is 0 Å². The highest BCUT2D eigenvalue weighted by molar-refractivity contribution is 5.75. The van der Waals surface area contributed by atoms with Gasteiger partial charge in [0, 0.05) is 38.3 Å². The SMILES string of the molecule is CCCNC(=O)N1CC[C@H](c2nc3cccnc3n2CCC)C1. The zero-order chi connectivity index (χ0) is 16.2. The molecule has 0 saturated carbocycles. The molecular weight excluding hydrogens is 290 g/mol. The Bertz CT molecular complexity index is 681. The van der Waals surface area contributed by atoms with E-state index in [2.05, 4.69) is 28.7 Å². The van der Waals surface area contributed by atoms with E-state index in [1.807, 2.05) is 23.2 Å². The number of hydrogen-bond donors (Lipinski definition) is 1. The van der Waals surface area contributed by atoms with Gasteiger partial charge < -0.3 is 14.8 Å². The molecule has 2 aromatic rings. The van der Waals surface area contributed by atoms with Gasteiger partial charge >= 0.3 is 6.03 Å². The number of aryl methyl sites for hydroxylation is 1. The van der Waals surface area contributed by atoms with Crippen molar-refractivity contribution >= 4 is 17.2 Å². The Morgan fingerprint density at radius 3 is 3.04 bits per heavy atom. The van der Waals surface area contributed by atoms with Crippen molar-refractivity contribution in [2.75, 3.05) is 19.6 Å². The average molecular weight is 315 g/mol. The van der Waals surface area contributed by atoms with Crippen LogP contribution in [0.15, 0.2) is 18.3 Å². The van der Waals surface area contributed by atoms with Crippen LogP contribution in [0, 0.1) is 0 Å². The molecule has 0 spiro atoms. The molecule has 6 nitrogen and oxygen atoms in total. The normalized spacial score (nSPS) is 17.8. The molecule has 0 bridgehead atoms. The highest BCUT2D eigenvalue weighted by Gasteiger charge is 2.30. The van der Waals surface area contributed by atoms with E-state index in [0.29, 0.717) is 5.92 Å². The third-order valence-corrected chi connectivity index (χ3v) is 4.35. The van der Waals surface area contributed by atoms with Crippen molar-refractivity contribution in [3.63, 3.8) is 0 Å². The van der Waals surface area contributed by atoms with Crippen molar-refractivity contribution in [2.24, 2.45) is 0 Å². The Balaban J connectivity index is 1.81. The molecule has 2 amide bonds. The second kappa shape index (κ2) is 6.98. The molecule has 0 aliphatic carbocycles. The van der Waals surface area contributed by atoms with Crippen LogP contribution < -0.4 is 5.32 Å². The molecule has 2 aromatic heterocycles. The van der Waals surface area contributed by atoms with Crippen LogP contribution in [0.2, 0.25) is 0 Å². The Hall–Kier alpha value is -2.11. The first-order valence-corrected chi connectivity index (χ1v) is 8.58. The molecule has 1 saturated heterocycles. The van der Waals surface area contributed by atoms with Crippen LogP contribution in [0.4, 0.5) is 4.79 Å². The minimum atomic E-state index is 0.0469. The van der Waals surface area contributed by atoms with Crippen LogP contribution in [-0.4, -0.2) is 45.1 Å². The molecule has 0 radical (unpaired) electrons. The first-order chi connectivity index (χ1) is 11.2. The summed E-state index contributed by atoms with van der Waals surface area (Å²) in [6.45, 7) is 7.41. The summed E-state index contributed by atoms with van der Waals surface area (Å²) in [5.74, 6) is 1.37. The summed E-state index contributed by atoms with van der Waals surface area (Å²) in [6, 6.07) is 3.98. The van der Waals surface area contributed by atoms with Crippen molar-refractivity contribution < 1.29 is 4.79 Å². The molecule has 0 unspecified atom stereocenters. The van der Waals surface area contributed by atoms with E-state index in [1.165, 1.54) is 0 Å². The van der Waals surface area contributed by atoms with Gasteiger partial charge in [0.05, 0.1) is 0 Å². The van der Waals surface area contributed by atoms with Crippen LogP contribution in [0.25, 0.3) is 11.2 Å². The van der Waals surface area contributed by atoms with Crippen LogP contribution in [-0.2, 0) is 6.54 Å². The van der Waals surface area contributed by atoms with Crippen molar-refractivity contribution in [1.29, 1.82) is 0 Å². The molecule has 23 heavy (non-hydrogen) atoms. The maximum absolute atomic E-state index is 12.1. The number of nitrogens with one attached hydrogen (secondary N) is 1. The van der Waals surface area contributed by atoms with Crippen molar-refractivity contribution in [3.8, 4) is 0 Å². The number of hydrogen-bond acceptors (Lipinski definition) is 3. The summed E-state index contributed by atoms with van der Waals surface area (Å²) < 4.78 is 2.23. The number of aromatic nitrogens is 3. The number of urea groups is 1. The van der Waals surface area contributed by atoms with Crippen LogP contribution in [0.5, 0.6) is 0 Å². The van der Waals surface area contributed by atoms with Crippen molar-refractivity contribution in [2.45, 2.75) is 45.6 Å². The number of carbonyl (C=O) groups excluding carboxylic acids is 1. The number of rotatable bonds is 5. The summed E-state index contributed by atoms with van der Waals surface area (Å²) in [4.78, 5) is 23.4. The fourth-order valence-electron chi connectivity index (χ4n) is 3.23. The fraction of sp³-hybridized carbons (Fsp3) is 0.588. The summed E-state index contributed by atoms with van der Waals surface area (Å²) >= 11 is 0. The number of pyridine rings is 1. The highest BCUT2D eigenvalue weighted by Crippen LogP contribution is 2.29. The third-order valence-electron chi connectivity index (χ3n) is 4.35. The molecule has 1 N–H and O–H groups in total. The number of carbonyl (C=O) groups is 1. The first kappa shape index (κ1) is 15.8. The molecule has 1 fully saturated rings. The predicted octanol–water partition coefficient (Wildman–Crippen LogP) is 2.75. The van der Waals surface area contributed by atoms with E-state index in [-0.39, 0.29) is 6.03 Å². The summed E-state index contributed by atoms with van der Waals surface area (Å²) in [7, 11) is 0. The number of fused-ring (bicyclic) bond motifs is 1. The minimum absolute atomic E-state index is 0.0469. The lowest BCUT2D eigenvalue weighted by atomic mass is 10.1. The summed E-state index contributed by atoms with van der Waals surface area (Å²) in [5.41, 5.74) is 1.91. The number of imidazole rings is 1. The zero-order valence-corrected chi connectivity index (χ0v) is 14.0. The van der Waals surface area contributed by atoms with E-state index in [0.717, 1.165) is 62.4 Å². The van der Waals surface area contributed by atoms with E-state index < -0.39 is 0 Å². The lowest BCUT2D eigenvalue weighted by Gasteiger charge is -2.17. The average Bonchev–Trinajstić information content (AvgIpc) is 3.18. The van der Waals surface area contributed by atoms with E-state index in [1.54, 1.807) is 0 Å². The van der Waals surface area contributed by atoms with Gasteiger partial charge in [0.2, 0.25) is 0 Å². The Kier molecular flexibility index (Phi) is 4.79. The lowest BCUT2D eigenvalue weighted by Crippen LogP contribution is -2.38. The quantitative estimate of drug-likeness (QED) is 0.923. The Morgan fingerprint density at radius 1 is 1.39 bits per heavy atom. The Labute approximate surface area is 136 Å². The van der Waals surface area contributed by atoms with Gasteiger partial charge in [-0.15, -0.1) is 0 Å². The van der Waals surface area contributed by atoms with E-state index in [4.69, 9.17) is 4.98 Å². The molecule has 3 heterocycles. The monoisotopic (exact) mass is 315 g/mol. The van der Waals surface area contributed by atoms with Gasteiger partial charge in [0.15, 0.2) is 5.65 Å². The predicted molar refractivity (Wildman–Crippen MR) is 90.4 cm³/mol. The van der Waals surface area contributed by atoms with E-state index in [9.17, 15) is 4.79 Å². The van der Waals surface area contributed by atoms with Crippen molar-refractivity contribution in [1.82, 2.24) is 24.8 Å². The maximum Gasteiger partial charge on any atom is 0.317 e. The summed E-state index contributed by atoms with van der Waals surface area (Å²) in [6.07, 6.45) is 4.79. The maximum atomic E-state index is 12.1. The topological polar surface area (TPSA) is 63.1 Å². The number of likely N-dealkylation sites (tertiary alicyclic amines) is 1. The molecule has 1 aliphatic rings. The third kappa shape index (κ3) is 3.16. The molecule has 3 rings (SSSR count). The van der Waals surface area contributed by atoms with Gasteiger partial charge in [-0.1, -0.05) is 13.8 Å². The number of nitrogens with zero attached hydrogens (tertiary/aromatic N) is 4.